The van der Waals surface area contributed by atoms with E-state index in [1.165, 1.54) is 71.7 Å². The van der Waals surface area contributed by atoms with Gasteiger partial charge in [0.05, 0.1) is 0 Å². The van der Waals surface area contributed by atoms with Gasteiger partial charge in [-0.05, 0) is 123 Å². The molecule has 3 heteroatoms. The van der Waals surface area contributed by atoms with E-state index in [0.717, 1.165) is 0 Å². The molecule has 0 amide bonds. The molecular weight excluding hydrogens is 558 g/mol. The Morgan fingerprint density at radius 3 is 1.50 bits per heavy atom. The Bertz CT molecular complexity index is 1940. The Morgan fingerprint density at radius 2 is 0.935 bits per heavy atom. The van der Waals surface area contributed by atoms with E-state index in [4.69, 9.17) is 0 Å². The summed E-state index contributed by atoms with van der Waals surface area (Å²) in [6.45, 7) is 33.6. The van der Waals surface area contributed by atoms with Crippen molar-refractivity contribution in [2.75, 3.05) is 0 Å². The molecule has 0 atom stereocenters. The lowest BCUT2D eigenvalue weighted by Crippen LogP contribution is -2.13. The van der Waals surface area contributed by atoms with Gasteiger partial charge in [-0.3, -0.25) is 0 Å². The molecule has 3 aromatic carbocycles. The summed E-state index contributed by atoms with van der Waals surface area (Å²) in [6.07, 6.45) is 6.23. The van der Waals surface area contributed by atoms with Gasteiger partial charge in [0.25, 0.3) is 0 Å². The van der Waals surface area contributed by atoms with Crippen LogP contribution in [-0.2, 0) is 21.7 Å². The van der Waals surface area contributed by atoms with E-state index in [-0.39, 0.29) is 21.7 Å². The fraction of sp³-hybridized carbons (Fsp3) is 0.442. The summed E-state index contributed by atoms with van der Waals surface area (Å²) in [5.41, 5.74) is 14.3. The van der Waals surface area contributed by atoms with Crippen LogP contribution in [0.1, 0.15) is 122 Å². The topological polar surface area (TPSA) is 47.4 Å². The molecule has 6 aromatic rings. The third kappa shape index (κ3) is 7.80. The van der Waals surface area contributed by atoms with Crippen molar-refractivity contribution in [1.29, 1.82) is 0 Å². The quantitative estimate of drug-likeness (QED) is 0.152. The molecule has 0 saturated carbocycles. The van der Waals surface area contributed by atoms with E-state index in [0.29, 0.717) is 0 Å². The Kier molecular flexibility index (Phi) is 9.53. The summed E-state index contributed by atoms with van der Waals surface area (Å²) in [7, 11) is 0. The molecule has 3 aromatic heterocycles. The van der Waals surface area contributed by atoms with Crippen LogP contribution in [0.25, 0.3) is 32.7 Å². The average molecular weight is 618 g/mol. The molecule has 0 radical (unpaired) electrons. The first kappa shape index (κ1) is 35.1. The van der Waals surface area contributed by atoms with Gasteiger partial charge in [0.2, 0.25) is 0 Å². The van der Waals surface area contributed by atoms with Crippen LogP contribution in [0.3, 0.4) is 0 Å². The minimum absolute atomic E-state index is 0.188. The van der Waals surface area contributed by atoms with Gasteiger partial charge in [-0.2, -0.15) is 0 Å². The predicted octanol–water partition coefficient (Wildman–Crippen LogP) is 12.6. The maximum absolute atomic E-state index is 3.43. The van der Waals surface area contributed by atoms with Crippen molar-refractivity contribution in [3.8, 4) is 0 Å². The third-order valence-corrected chi connectivity index (χ3v) is 9.10. The maximum atomic E-state index is 3.43. The fourth-order valence-corrected chi connectivity index (χ4v) is 6.47. The standard InChI is InChI=1S/C17H25N.2C13H17N/c1-11-8-12-14(17(5,6)7)10-18-15(12)9-13(11)16(2,3)4;1-9-8-14-12-7-10(13(2,3)4)5-6-11(9)12;1-9-7-10-5-6-14-12(10)8-11(9)13(2,3)4/h8-10,18H,1-7H3;2*5-8,14H,1-4H3. The molecular formula is C43H59N3. The van der Waals surface area contributed by atoms with Crippen LogP contribution in [0.4, 0.5) is 0 Å². The highest BCUT2D eigenvalue weighted by atomic mass is 14.7. The number of aryl methyl sites for hydroxylation is 3. The first-order valence-corrected chi connectivity index (χ1v) is 16.9. The number of fused-ring (bicyclic) bond motifs is 3. The smallest absolute Gasteiger partial charge is 0.0460 e. The number of rotatable bonds is 0. The number of aromatic nitrogens is 3. The van der Waals surface area contributed by atoms with E-state index in [9.17, 15) is 0 Å². The molecule has 0 bridgehead atoms. The Hall–Kier alpha value is -3.72. The van der Waals surface area contributed by atoms with Gasteiger partial charge >= 0.3 is 0 Å². The molecule has 0 spiro atoms. The molecule has 0 aliphatic rings. The molecule has 6 rings (SSSR count). The van der Waals surface area contributed by atoms with Crippen LogP contribution in [0.2, 0.25) is 0 Å². The van der Waals surface area contributed by atoms with Gasteiger partial charge in [-0.1, -0.05) is 95.2 Å². The van der Waals surface area contributed by atoms with Gasteiger partial charge in [-0.25, -0.2) is 0 Å². The summed E-state index contributed by atoms with van der Waals surface area (Å²) in [6, 6.07) is 18.0. The van der Waals surface area contributed by atoms with Crippen LogP contribution < -0.4 is 0 Å². The average Bonchev–Trinajstić information content (AvgIpc) is 3.64. The van der Waals surface area contributed by atoms with Gasteiger partial charge in [0.15, 0.2) is 0 Å². The zero-order valence-electron chi connectivity index (χ0n) is 31.4. The molecule has 0 aliphatic carbocycles. The largest absolute Gasteiger partial charge is 0.361 e. The van der Waals surface area contributed by atoms with E-state index >= 15 is 0 Å². The lowest BCUT2D eigenvalue weighted by Gasteiger charge is -2.23. The lowest BCUT2D eigenvalue weighted by atomic mass is 9.81. The molecule has 3 N–H and O–H groups in total. The van der Waals surface area contributed by atoms with Gasteiger partial charge in [-0.15, -0.1) is 0 Å². The van der Waals surface area contributed by atoms with E-state index in [2.05, 4.69) is 180 Å². The normalized spacial score (nSPS) is 12.7. The van der Waals surface area contributed by atoms with Crippen LogP contribution in [0.15, 0.2) is 67.1 Å². The Balaban J connectivity index is 0.000000158. The van der Waals surface area contributed by atoms with Crippen molar-refractivity contribution in [1.82, 2.24) is 15.0 Å². The number of benzene rings is 3. The molecule has 0 fully saturated rings. The molecule has 3 nitrogen and oxygen atoms in total. The number of hydrogen-bond acceptors (Lipinski definition) is 0. The Labute approximate surface area is 278 Å². The summed E-state index contributed by atoms with van der Waals surface area (Å²) in [4.78, 5) is 9.99. The van der Waals surface area contributed by atoms with Crippen LogP contribution in [-0.4, -0.2) is 15.0 Å². The fourth-order valence-electron chi connectivity index (χ4n) is 6.47. The van der Waals surface area contributed by atoms with Crippen molar-refractivity contribution in [2.24, 2.45) is 0 Å². The van der Waals surface area contributed by atoms with Crippen LogP contribution >= 0.6 is 0 Å². The second kappa shape index (κ2) is 12.5. The van der Waals surface area contributed by atoms with Crippen LogP contribution in [0, 0.1) is 20.8 Å². The van der Waals surface area contributed by atoms with Gasteiger partial charge in [0, 0.05) is 45.9 Å². The first-order chi connectivity index (χ1) is 21.1. The van der Waals surface area contributed by atoms with E-state index < -0.39 is 0 Å². The summed E-state index contributed by atoms with van der Waals surface area (Å²) in [5.74, 6) is 0. The number of aromatic amines is 3. The molecule has 0 aliphatic heterocycles. The maximum Gasteiger partial charge on any atom is 0.0460 e. The second-order valence-electron chi connectivity index (χ2n) is 17.4. The number of nitrogens with one attached hydrogen (secondary N) is 3. The zero-order valence-corrected chi connectivity index (χ0v) is 31.4. The minimum atomic E-state index is 0.188. The minimum Gasteiger partial charge on any atom is -0.361 e. The molecule has 0 unspecified atom stereocenters. The summed E-state index contributed by atoms with van der Waals surface area (Å²) >= 11 is 0. The molecule has 3 heterocycles. The van der Waals surface area contributed by atoms with Gasteiger partial charge in [0.1, 0.15) is 0 Å². The predicted molar refractivity (Wildman–Crippen MR) is 204 cm³/mol. The Morgan fingerprint density at radius 1 is 0.413 bits per heavy atom. The number of hydrogen-bond donors (Lipinski definition) is 3. The van der Waals surface area contributed by atoms with Crippen molar-refractivity contribution >= 4 is 32.7 Å². The highest BCUT2D eigenvalue weighted by Crippen LogP contribution is 2.35. The first-order valence-electron chi connectivity index (χ1n) is 16.9. The lowest BCUT2D eigenvalue weighted by molar-refractivity contribution is 0.586. The van der Waals surface area contributed by atoms with Crippen LogP contribution in [0.5, 0.6) is 0 Å². The summed E-state index contributed by atoms with van der Waals surface area (Å²) < 4.78 is 0. The highest BCUT2D eigenvalue weighted by Gasteiger charge is 2.22. The van der Waals surface area contributed by atoms with Crippen molar-refractivity contribution in [3.63, 3.8) is 0 Å². The molecule has 0 saturated heterocycles. The third-order valence-electron chi connectivity index (χ3n) is 9.10. The van der Waals surface area contributed by atoms with Crippen molar-refractivity contribution < 1.29 is 0 Å². The van der Waals surface area contributed by atoms with E-state index in [1.54, 1.807) is 0 Å². The molecule has 246 valence electrons. The highest BCUT2D eigenvalue weighted by molar-refractivity contribution is 5.86. The zero-order chi connectivity index (χ0) is 34.4. The van der Waals surface area contributed by atoms with Crippen molar-refractivity contribution in [2.45, 2.75) is 126 Å². The summed E-state index contributed by atoms with van der Waals surface area (Å²) in [5, 5.41) is 4.00. The SMILES string of the molecule is Cc1c[nH]c2cc(C(C)(C)C)ccc12.Cc1cc2c(C(C)(C)C)c[nH]c2cc1C(C)(C)C.Cc1cc2cc[nH]c2cc1C(C)(C)C. The molecule has 46 heavy (non-hydrogen) atoms. The number of H-pyrrole nitrogens is 3. The van der Waals surface area contributed by atoms with Gasteiger partial charge < -0.3 is 15.0 Å². The van der Waals surface area contributed by atoms with E-state index in [1.807, 2.05) is 6.20 Å². The van der Waals surface area contributed by atoms with Crippen molar-refractivity contribution in [3.05, 3.63) is 106 Å². The monoisotopic (exact) mass is 617 g/mol. The second-order valence-corrected chi connectivity index (χ2v) is 17.4.